The summed E-state index contributed by atoms with van der Waals surface area (Å²) < 4.78 is 6.72. The van der Waals surface area contributed by atoms with Gasteiger partial charge in [0.2, 0.25) is 0 Å². The minimum Gasteiger partial charge on any atom is -0.496 e. The molecule has 0 bridgehead atoms. The fourth-order valence-corrected chi connectivity index (χ4v) is 2.42. The molecule has 1 N–H and O–H groups in total. The van der Waals surface area contributed by atoms with Gasteiger partial charge in [0.1, 0.15) is 12.1 Å². The van der Waals surface area contributed by atoms with Gasteiger partial charge in [-0.2, -0.15) is 5.10 Å². The average Bonchev–Trinajstić information content (AvgIpc) is 3.20. The van der Waals surface area contributed by atoms with Gasteiger partial charge in [-0.15, -0.1) is 5.10 Å². The molecule has 1 amide bonds. The largest absolute Gasteiger partial charge is 0.496 e. The van der Waals surface area contributed by atoms with E-state index in [9.17, 15) is 4.79 Å². The van der Waals surface area contributed by atoms with Crippen LogP contribution >= 0.6 is 11.6 Å². The van der Waals surface area contributed by atoms with Crippen LogP contribution in [0.4, 0.5) is 0 Å². The van der Waals surface area contributed by atoms with Gasteiger partial charge in [0, 0.05) is 5.02 Å². The Morgan fingerprint density at radius 1 is 1.23 bits per heavy atom. The van der Waals surface area contributed by atoms with Crippen LogP contribution in [0, 0.1) is 0 Å². The van der Waals surface area contributed by atoms with E-state index in [0.29, 0.717) is 22.0 Å². The van der Waals surface area contributed by atoms with Crippen LogP contribution in [0.3, 0.4) is 0 Å². The van der Waals surface area contributed by atoms with Crippen molar-refractivity contribution in [2.75, 3.05) is 7.11 Å². The number of benzene rings is 2. The lowest BCUT2D eigenvalue weighted by Gasteiger charge is -2.08. The number of nitrogens with one attached hydrogen (secondary N) is 1. The summed E-state index contributed by atoms with van der Waals surface area (Å²) in [6, 6.07) is 12.2. The van der Waals surface area contributed by atoms with Gasteiger partial charge in [-0.25, -0.2) is 10.1 Å². The predicted octanol–water partition coefficient (Wildman–Crippen LogP) is 2.48. The molecule has 3 aromatic rings. The van der Waals surface area contributed by atoms with Crippen molar-refractivity contribution in [3.63, 3.8) is 0 Å². The number of hydrogen-bond acceptors (Lipinski definition) is 6. The first-order valence-electron chi connectivity index (χ1n) is 7.60. The number of nitrogens with zero attached hydrogens (tertiary/aromatic N) is 5. The molecule has 0 radical (unpaired) electrons. The SMILES string of the molecule is COc1ccc(Cl)cc1C(=O)NN=C(C)c1ccc(-n2cnnn2)cc1. The maximum absolute atomic E-state index is 12.3. The molecular formula is C17H15ClN6O2. The molecule has 0 saturated carbocycles. The monoisotopic (exact) mass is 370 g/mol. The second kappa shape index (κ2) is 7.75. The lowest BCUT2D eigenvalue weighted by Crippen LogP contribution is -2.20. The predicted molar refractivity (Wildman–Crippen MR) is 96.8 cm³/mol. The number of ether oxygens (including phenoxy) is 1. The Labute approximate surface area is 154 Å². The van der Waals surface area contributed by atoms with Crippen molar-refractivity contribution in [3.8, 4) is 11.4 Å². The first-order valence-corrected chi connectivity index (χ1v) is 7.98. The number of amides is 1. The molecule has 2 aromatic carbocycles. The number of aromatic nitrogens is 4. The van der Waals surface area contributed by atoms with E-state index in [1.165, 1.54) is 19.5 Å². The first kappa shape index (κ1) is 17.6. The molecule has 0 aliphatic carbocycles. The molecule has 0 saturated heterocycles. The average molecular weight is 371 g/mol. The lowest BCUT2D eigenvalue weighted by atomic mass is 10.1. The van der Waals surface area contributed by atoms with Crippen LogP contribution in [-0.2, 0) is 0 Å². The first-order chi connectivity index (χ1) is 12.6. The summed E-state index contributed by atoms with van der Waals surface area (Å²) in [5.74, 6) is 0.0135. The highest BCUT2D eigenvalue weighted by Crippen LogP contribution is 2.22. The second-order valence-electron chi connectivity index (χ2n) is 5.28. The number of halogens is 1. The summed E-state index contributed by atoms with van der Waals surface area (Å²) in [7, 11) is 1.49. The number of methoxy groups -OCH3 is 1. The van der Waals surface area contributed by atoms with Crippen molar-refractivity contribution < 1.29 is 9.53 Å². The second-order valence-corrected chi connectivity index (χ2v) is 5.72. The number of hydrazone groups is 1. The van der Waals surface area contributed by atoms with Crippen molar-refractivity contribution in [2.45, 2.75) is 6.92 Å². The van der Waals surface area contributed by atoms with Gasteiger partial charge >= 0.3 is 0 Å². The van der Waals surface area contributed by atoms with E-state index in [-0.39, 0.29) is 0 Å². The summed E-state index contributed by atoms with van der Waals surface area (Å²) >= 11 is 5.95. The van der Waals surface area contributed by atoms with Crippen molar-refractivity contribution in [1.29, 1.82) is 0 Å². The van der Waals surface area contributed by atoms with Gasteiger partial charge in [-0.3, -0.25) is 4.79 Å². The zero-order chi connectivity index (χ0) is 18.5. The molecule has 0 spiro atoms. The summed E-state index contributed by atoms with van der Waals surface area (Å²) in [6.45, 7) is 1.79. The highest BCUT2D eigenvalue weighted by molar-refractivity contribution is 6.31. The molecule has 0 aliphatic rings. The van der Waals surface area contributed by atoms with Gasteiger partial charge in [0.25, 0.3) is 5.91 Å². The van der Waals surface area contributed by atoms with E-state index in [4.69, 9.17) is 16.3 Å². The maximum Gasteiger partial charge on any atom is 0.275 e. The van der Waals surface area contributed by atoms with Gasteiger partial charge in [0.05, 0.1) is 24.1 Å². The molecule has 8 nitrogen and oxygen atoms in total. The topological polar surface area (TPSA) is 94.3 Å². The standard InChI is InChI=1S/C17H15ClN6O2/c1-11(12-3-6-14(7-4-12)24-10-19-22-23-24)20-21-17(25)15-9-13(18)5-8-16(15)26-2/h3-10H,1-2H3,(H,21,25). The van der Waals surface area contributed by atoms with E-state index in [1.54, 1.807) is 23.7 Å². The quantitative estimate of drug-likeness (QED) is 0.550. The van der Waals surface area contributed by atoms with Crippen LogP contribution in [0.5, 0.6) is 5.75 Å². The number of carbonyl (C=O) groups excluding carboxylic acids is 1. The molecule has 1 heterocycles. The summed E-state index contributed by atoms with van der Waals surface area (Å²) in [4.78, 5) is 12.3. The molecule has 1 aromatic heterocycles. The molecule has 132 valence electrons. The number of tetrazole rings is 1. The highest BCUT2D eigenvalue weighted by atomic mass is 35.5. The Morgan fingerprint density at radius 2 is 2.00 bits per heavy atom. The van der Waals surface area contributed by atoms with Crippen LogP contribution in [-0.4, -0.2) is 38.9 Å². The number of carbonyl (C=O) groups is 1. The normalized spacial score (nSPS) is 11.3. The Kier molecular flexibility index (Phi) is 5.23. The molecule has 0 unspecified atom stereocenters. The van der Waals surface area contributed by atoms with E-state index in [0.717, 1.165) is 11.3 Å². The summed E-state index contributed by atoms with van der Waals surface area (Å²) in [6.07, 6.45) is 1.51. The lowest BCUT2D eigenvalue weighted by molar-refractivity contribution is 0.0952. The van der Waals surface area contributed by atoms with Gasteiger partial charge < -0.3 is 4.74 Å². The zero-order valence-electron chi connectivity index (χ0n) is 14.0. The van der Waals surface area contributed by atoms with Crippen LogP contribution in [0.25, 0.3) is 5.69 Å². The number of hydrogen-bond donors (Lipinski definition) is 1. The Bertz CT molecular complexity index is 938. The molecular weight excluding hydrogens is 356 g/mol. The fraction of sp³-hybridized carbons (Fsp3) is 0.118. The summed E-state index contributed by atoms with van der Waals surface area (Å²) in [5.41, 5.74) is 5.13. The Morgan fingerprint density at radius 3 is 2.65 bits per heavy atom. The van der Waals surface area contributed by atoms with Crippen molar-refractivity contribution in [2.24, 2.45) is 5.10 Å². The third-order valence-electron chi connectivity index (χ3n) is 3.63. The van der Waals surface area contributed by atoms with E-state index < -0.39 is 5.91 Å². The van der Waals surface area contributed by atoms with E-state index >= 15 is 0 Å². The van der Waals surface area contributed by atoms with Crippen LogP contribution in [0.15, 0.2) is 53.9 Å². The molecule has 26 heavy (non-hydrogen) atoms. The number of rotatable bonds is 5. The molecule has 0 aliphatic heterocycles. The molecule has 3 rings (SSSR count). The Hall–Kier alpha value is -3.26. The van der Waals surface area contributed by atoms with E-state index in [1.807, 2.05) is 24.3 Å². The molecule has 0 fully saturated rings. The Balaban J connectivity index is 1.74. The smallest absolute Gasteiger partial charge is 0.275 e. The van der Waals surface area contributed by atoms with Gasteiger partial charge in [-0.1, -0.05) is 23.7 Å². The van der Waals surface area contributed by atoms with Crippen molar-refractivity contribution >= 4 is 23.2 Å². The minimum atomic E-state index is -0.408. The third-order valence-corrected chi connectivity index (χ3v) is 3.87. The van der Waals surface area contributed by atoms with E-state index in [2.05, 4.69) is 26.1 Å². The third kappa shape index (κ3) is 3.86. The highest BCUT2D eigenvalue weighted by Gasteiger charge is 2.12. The minimum absolute atomic E-state index is 0.311. The van der Waals surface area contributed by atoms with Crippen LogP contribution < -0.4 is 10.2 Å². The van der Waals surface area contributed by atoms with Crippen LogP contribution in [0.1, 0.15) is 22.8 Å². The molecule has 0 atom stereocenters. The molecule has 9 heteroatoms. The maximum atomic E-state index is 12.3. The van der Waals surface area contributed by atoms with Gasteiger partial charge in [-0.05, 0) is 53.2 Å². The van der Waals surface area contributed by atoms with Crippen molar-refractivity contribution in [3.05, 3.63) is 64.9 Å². The summed E-state index contributed by atoms with van der Waals surface area (Å²) in [5, 5.41) is 15.6. The van der Waals surface area contributed by atoms with Crippen LogP contribution in [0.2, 0.25) is 5.02 Å². The fourth-order valence-electron chi connectivity index (χ4n) is 2.25. The van der Waals surface area contributed by atoms with Gasteiger partial charge in [0.15, 0.2) is 0 Å². The van der Waals surface area contributed by atoms with Crippen molar-refractivity contribution in [1.82, 2.24) is 25.6 Å². The zero-order valence-corrected chi connectivity index (χ0v) is 14.8.